The first-order valence-electron chi connectivity index (χ1n) is 3.69. The average Bonchev–Trinajstić information content (AvgIpc) is 2.03. The Hall–Kier alpha value is -1.57. The lowest BCUT2D eigenvalue weighted by molar-refractivity contribution is 1.31. The summed E-state index contributed by atoms with van der Waals surface area (Å²) in [6.07, 6.45) is 3.37. The summed E-state index contributed by atoms with van der Waals surface area (Å²) < 4.78 is 0. The lowest BCUT2D eigenvalue weighted by Crippen LogP contribution is -1.96. The van der Waals surface area contributed by atoms with Crippen LogP contribution in [0.25, 0.3) is 11.6 Å². The van der Waals surface area contributed by atoms with Gasteiger partial charge in [0.2, 0.25) is 0 Å². The quantitative estimate of drug-likeness (QED) is 0.721. The van der Waals surface area contributed by atoms with Crippen molar-refractivity contribution >= 4 is 17.5 Å². The molecule has 1 rings (SSSR count). The van der Waals surface area contributed by atoms with Crippen molar-refractivity contribution in [3.05, 3.63) is 36.5 Å². The van der Waals surface area contributed by atoms with Crippen LogP contribution in [0.4, 0.5) is 5.82 Å². The minimum atomic E-state index is 0.505. The van der Waals surface area contributed by atoms with Crippen LogP contribution in [0.3, 0.4) is 0 Å². The fourth-order valence-corrected chi connectivity index (χ4v) is 1.08. The molecule has 2 N–H and O–H groups in total. The van der Waals surface area contributed by atoms with Gasteiger partial charge in [0.25, 0.3) is 0 Å². The Kier molecular flexibility index (Phi) is 2.29. The molecule has 0 aliphatic carbocycles. The number of nitrogens with two attached hydrogens (primary N) is 1. The molecule has 1 heterocycles. The second-order valence-electron chi connectivity index (χ2n) is 2.64. The number of rotatable bonds is 2. The first-order chi connectivity index (χ1) is 5.66. The van der Waals surface area contributed by atoms with Crippen LogP contribution >= 0.6 is 0 Å². The first-order valence-corrected chi connectivity index (χ1v) is 3.69. The summed E-state index contributed by atoms with van der Waals surface area (Å²) in [5.74, 6) is 0.505. The fraction of sp³-hybridized carbons (Fsp3) is 0.100. The molecule has 0 bridgehead atoms. The van der Waals surface area contributed by atoms with E-state index >= 15 is 0 Å². The molecule has 0 saturated carbocycles. The monoisotopic (exact) mass is 160 g/mol. The normalized spacial score (nSPS) is 9.42. The van der Waals surface area contributed by atoms with Gasteiger partial charge in [-0.05, 0) is 18.6 Å². The number of pyridine rings is 1. The van der Waals surface area contributed by atoms with Gasteiger partial charge in [-0.15, -0.1) is 0 Å². The zero-order valence-electron chi connectivity index (χ0n) is 7.17. The van der Waals surface area contributed by atoms with Crippen LogP contribution in [-0.4, -0.2) is 4.98 Å². The molecule has 0 unspecified atom stereocenters. The van der Waals surface area contributed by atoms with Gasteiger partial charge in [-0.1, -0.05) is 24.8 Å². The number of anilines is 1. The third kappa shape index (κ3) is 1.37. The maximum absolute atomic E-state index is 5.65. The number of aromatic nitrogens is 1. The van der Waals surface area contributed by atoms with Crippen LogP contribution in [0, 0.1) is 0 Å². The van der Waals surface area contributed by atoms with Crippen LogP contribution in [0.15, 0.2) is 25.4 Å². The van der Waals surface area contributed by atoms with Crippen LogP contribution in [0.1, 0.15) is 18.1 Å². The van der Waals surface area contributed by atoms with E-state index in [1.54, 1.807) is 12.3 Å². The molecule has 0 aliphatic heterocycles. The van der Waals surface area contributed by atoms with E-state index in [2.05, 4.69) is 18.1 Å². The summed E-state index contributed by atoms with van der Waals surface area (Å²) >= 11 is 0. The van der Waals surface area contributed by atoms with Crippen molar-refractivity contribution in [2.75, 3.05) is 5.73 Å². The number of hydrogen-bond acceptors (Lipinski definition) is 2. The maximum atomic E-state index is 5.65. The number of hydrogen-bond donors (Lipinski definition) is 1. The van der Waals surface area contributed by atoms with Gasteiger partial charge in [0, 0.05) is 11.8 Å². The van der Waals surface area contributed by atoms with E-state index in [9.17, 15) is 0 Å². The Morgan fingerprint density at radius 2 is 2.33 bits per heavy atom. The second-order valence-corrected chi connectivity index (χ2v) is 2.64. The third-order valence-corrected chi connectivity index (χ3v) is 1.68. The van der Waals surface area contributed by atoms with E-state index in [0.717, 1.165) is 16.7 Å². The van der Waals surface area contributed by atoms with Gasteiger partial charge < -0.3 is 5.73 Å². The standard InChI is InChI=1S/C10H12N2/c1-4-8-9(7(2)3)5-6-12-10(8)11/h4-6H,1-2H2,3H3,(H2,11,12). The molecule has 2 nitrogen and oxygen atoms in total. The molecular formula is C10H12N2. The molecule has 0 saturated heterocycles. The lowest BCUT2D eigenvalue weighted by Gasteiger charge is -2.06. The molecule has 0 aromatic carbocycles. The SMILES string of the molecule is C=Cc1c(C(=C)C)ccnc1N. The van der Waals surface area contributed by atoms with E-state index in [-0.39, 0.29) is 0 Å². The molecule has 0 radical (unpaired) electrons. The molecule has 0 spiro atoms. The molecule has 0 aliphatic rings. The van der Waals surface area contributed by atoms with Crippen molar-refractivity contribution in [2.45, 2.75) is 6.92 Å². The summed E-state index contributed by atoms with van der Waals surface area (Å²) in [4.78, 5) is 3.96. The van der Waals surface area contributed by atoms with Gasteiger partial charge in [0.15, 0.2) is 0 Å². The zero-order chi connectivity index (χ0) is 9.14. The molecule has 12 heavy (non-hydrogen) atoms. The third-order valence-electron chi connectivity index (χ3n) is 1.68. The summed E-state index contributed by atoms with van der Waals surface area (Å²) in [7, 11) is 0. The highest BCUT2D eigenvalue weighted by Crippen LogP contribution is 2.21. The highest BCUT2D eigenvalue weighted by molar-refractivity contribution is 5.76. The Morgan fingerprint density at radius 1 is 1.67 bits per heavy atom. The van der Waals surface area contributed by atoms with Crippen LogP contribution < -0.4 is 5.73 Å². The van der Waals surface area contributed by atoms with E-state index in [0.29, 0.717) is 5.82 Å². The van der Waals surface area contributed by atoms with Gasteiger partial charge >= 0.3 is 0 Å². The fourth-order valence-electron chi connectivity index (χ4n) is 1.08. The number of allylic oxidation sites excluding steroid dienone is 1. The second kappa shape index (κ2) is 3.22. The Balaban J connectivity index is 3.37. The van der Waals surface area contributed by atoms with Crippen LogP contribution in [-0.2, 0) is 0 Å². The molecule has 0 fully saturated rings. The minimum absolute atomic E-state index is 0.505. The Labute approximate surface area is 72.4 Å². The van der Waals surface area contributed by atoms with E-state index in [4.69, 9.17) is 5.73 Å². The van der Waals surface area contributed by atoms with Crippen molar-refractivity contribution in [3.63, 3.8) is 0 Å². The van der Waals surface area contributed by atoms with Crippen LogP contribution in [0.5, 0.6) is 0 Å². The van der Waals surface area contributed by atoms with Crippen molar-refractivity contribution < 1.29 is 0 Å². The highest BCUT2D eigenvalue weighted by Gasteiger charge is 2.03. The van der Waals surface area contributed by atoms with Crippen LogP contribution in [0.2, 0.25) is 0 Å². The van der Waals surface area contributed by atoms with Gasteiger partial charge in [-0.3, -0.25) is 0 Å². The van der Waals surface area contributed by atoms with Gasteiger partial charge in [0.1, 0.15) is 5.82 Å². The Bertz CT molecular complexity index is 327. The number of nitrogen functional groups attached to an aromatic ring is 1. The molecule has 62 valence electrons. The topological polar surface area (TPSA) is 38.9 Å². The average molecular weight is 160 g/mol. The molecule has 0 atom stereocenters. The molecule has 2 heteroatoms. The summed E-state index contributed by atoms with van der Waals surface area (Å²) in [6, 6.07) is 1.88. The largest absolute Gasteiger partial charge is 0.383 e. The smallest absolute Gasteiger partial charge is 0.131 e. The lowest BCUT2D eigenvalue weighted by atomic mass is 10.0. The maximum Gasteiger partial charge on any atom is 0.131 e. The zero-order valence-corrected chi connectivity index (χ0v) is 7.17. The summed E-state index contributed by atoms with van der Waals surface area (Å²) in [6.45, 7) is 9.45. The van der Waals surface area contributed by atoms with E-state index in [1.165, 1.54) is 0 Å². The number of nitrogens with zero attached hydrogens (tertiary/aromatic N) is 1. The van der Waals surface area contributed by atoms with Crippen molar-refractivity contribution in [3.8, 4) is 0 Å². The molecule has 1 aromatic heterocycles. The van der Waals surface area contributed by atoms with E-state index < -0.39 is 0 Å². The van der Waals surface area contributed by atoms with Crippen molar-refractivity contribution in [2.24, 2.45) is 0 Å². The van der Waals surface area contributed by atoms with Crippen molar-refractivity contribution in [1.82, 2.24) is 4.98 Å². The summed E-state index contributed by atoms with van der Waals surface area (Å²) in [5.41, 5.74) is 8.49. The van der Waals surface area contributed by atoms with Gasteiger partial charge in [0.05, 0.1) is 0 Å². The molecule has 1 aromatic rings. The molecular weight excluding hydrogens is 148 g/mol. The van der Waals surface area contributed by atoms with Gasteiger partial charge in [-0.25, -0.2) is 4.98 Å². The first kappa shape index (κ1) is 8.53. The summed E-state index contributed by atoms with van der Waals surface area (Å²) in [5, 5.41) is 0. The predicted molar refractivity (Wildman–Crippen MR) is 53.4 cm³/mol. The Morgan fingerprint density at radius 3 is 2.75 bits per heavy atom. The van der Waals surface area contributed by atoms with Gasteiger partial charge in [-0.2, -0.15) is 0 Å². The van der Waals surface area contributed by atoms with Crippen molar-refractivity contribution in [1.29, 1.82) is 0 Å². The molecule has 0 amide bonds. The minimum Gasteiger partial charge on any atom is -0.383 e. The highest BCUT2D eigenvalue weighted by atomic mass is 14.8. The predicted octanol–water partition coefficient (Wildman–Crippen LogP) is 2.34. The van der Waals surface area contributed by atoms with E-state index in [1.807, 2.05) is 13.0 Å².